The summed E-state index contributed by atoms with van der Waals surface area (Å²) in [5, 5.41) is 11.0. The molecular formula is C10H12N6. The fourth-order valence-electron chi connectivity index (χ4n) is 1.92. The molecule has 0 radical (unpaired) electrons. The average molecular weight is 216 g/mol. The Balaban J connectivity index is 2.05. The van der Waals surface area contributed by atoms with Gasteiger partial charge in [0, 0.05) is 30.8 Å². The summed E-state index contributed by atoms with van der Waals surface area (Å²) in [7, 11) is 0. The van der Waals surface area contributed by atoms with Crippen LogP contribution in [-0.4, -0.2) is 31.5 Å². The number of nitrogens with one attached hydrogen (secondary N) is 1. The molecule has 1 unspecified atom stereocenters. The fraction of sp³-hybridized carbons (Fsp3) is 0.400. The molecule has 0 aliphatic carbocycles. The Labute approximate surface area is 92.7 Å². The summed E-state index contributed by atoms with van der Waals surface area (Å²) in [5.41, 5.74) is 2.28. The molecule has 82 valence electrons. The van der Waals surface area contributed by atoms with Crippen LogP contribution < -0.4 is 5.32 Å². The molecule has 1 N–H and O–H groups in total. The summed E-state index contributed by atoms with van der Waals surface area (Å²) in [6, 6.07) is 0.327. The van der Waals surface area contributed by atoms with Crippen molar-refractivity contribution in [3.05, 3.63) is 29.8 Å². The van der Waals surface area contributed by atoms with Gasteiger partial charge in [-0.2, -0.15) is 4.68 Å². The zero-order valence-corrected chi connectivity index (χ0v) is 8.96. The molecule has 16 heavy (non-hydrogen) atoms. The van der Waals surface area contributed by atoms with E-state index in [-0.39, 0.29) is 0 Å². The topological polar surface area (TPSA) is 68.5 Å². The second kappa shape index (κ2) is 3.64. The number of rotatable bonds is 1. The minimum Gasteiger partial charge on any atom is -0.310 e. The van der Waals surface area contributed by atoms with E-state index < -0.39 is 0 Å². The Morgan fingerprint density at radius 1 is 1.50 bits per heavy atom. The van der Waals surface area contributed by atoms with E-state index in [0.717, 1.165) is 18.7 Å². The van der Waals surface area contributed by atoms with Crippen molar-refractivity contribution in [1.82, 2.24) is 30.3 Å². The monoisotopic (exact) mass is 216 g/mol. The molecular weight excluding hydrogens is 204 g/mol. The van der Waals surface area contributed by atoms with E-state index in [2.05, 4.69) is 32.5 Å². The third kappa shape index (κ3) is 1.47. The number of hydrogen-bond donors (Lipinski definition) is 1. The maximum Gasteiger partial charge on any atom is 0.252 e. The first-order valence-electron chi connectivity index (χ1n) is 5.30. The predicted octanol–water partition coefficient (Wildman–Crippen LogP) is 0.264. The van der Waals surface area contributed by atoms with E-state index in [0.29, 0.717) is 12.0 Å². The Morgan fingerprint density at radius 2 is 2.44 bits per heavy atom. The molecule has 0 saturated heterocycles. The van der Waals surface area contributed by atoms with Crippen LogP contribution in [0, 0.1) is 0 Å². The van der Waals surface area contributed by atoms with Gasteiger partial charge in [0.25, 0.3) is 5.95 Å². The minimum atomic E-state index is 0.327. The lowest BCUT2D eigenvalue weighted by atomic mass is 10.0. The molecule has 3 heterocycles. The minimum absolute atomic E-state index is 0.327. The highest BCUT2D eigenvalue weighted by atomic mass is 15.5. The van der Waals surface area contributed by atoms with Crippen LogP contribution in [0.15, 0.2) is 18.6 Å². The van der Waals surface area contributed by atoms with Gasteiger partial charge in [0.2, 0.25) is 0 Å². The molecule has 0 spiro atoms. The summed E-state index contributed by atoms with van der Waals surface area (Å²) in [6.45, 7) is 3.08. The molecule has 6 nitrogen and oxygen atoms in total. The summed E-state index contributed by atoms with van der Waals surface area (Å²) in [6.07, 6.45) is 6.17. The Morgan fingerprint density at radius 3 is 3.25 bits per heavy atom. The highest BCUT2D eigenvalue weighted by Crippen LogP contribution is 2.20. The zero-order chi connectivity index (χ0) is 11.0. The van der Waals surface area contributed by atoms with Crippen molar-refractivity contribution in [3.8, 4) is 5.95 Å². The Hall–Kier alpha value is -1.82. The van der Waals surface area contributed by atoms with E-state index in [4.69, 9.17) is 0 Å². The maximum atomic E-state index is 4.52. The first-order chi connectivity index (χ1) is 7.84. The van der Waals surface area contributed by atoms with E-state index in [1.165, 1.54) is 5.56 Å². The largest absolute Gasteiger partial charge is 0.310 e. The molecule has 1 aliphatic rings. The van der Waals surface area contributed by atoms with Crippen LogP contribution >= 0.6 is 0 Å². The standard InChI is InChI=1S/C10H12N6/c1-7-8-6-12-10(16-5-4-13-15-16)14-9(8)2-3-11-7/h4-7,11H,2-3H2,1H3. The van der Waals surface area contributed by atoms with Crippen LogP contribution in [-0.2, 0) is 6.42 Å². The summed E-state index contributed by atoms with van der Waals surface area (Å²) < 4.78 is 1.58. The van der Waals surface area contributed by atoms with Crippen molar-refractivity contribution in [2.45, 2.75) is 19.4 Å². The smallest absolute Gasteiger partial charge is 0.252 e. The van der Waals surface area contributed by atoms with Crippen LogP contribution in [0.5, 0.6) is 0 Å². The van der Waals surface area contributed by atoms with Gasteiger partial charge in [0.1, 0.15) is 0 Å². The molecule has 6 heteroatoms. The van der Waals surface area contributed by atoms with E-state index in [1.807, 2.05) is 6.20 Å². The Bertz CT molecular complexity index is 492. The van der Waals surface area contributed by atoms with Crippen LogP contribution in [0.2, 0.25) is 0 Å². The SMILES string of the molecule is CC1NCCc2nc(-n3ccnn3)ncc21. The molecule has 0 fully saturated rings. The first-order valence-corrected chi connectivity index (χ1v) is 5.30. The summed E-state index contributed by atoms with van der Waals surface area (Å²) in [5.74, 6) is 0.588. The first kappa shape index (κ1) is 9.41. The summed E-state index contributed by atoms with van der Waals surface area (Å²) >= 11 is 0. The van der Waals surface area contributed by atoms with E-state index >= 15 is 0 Å². The lowest BCUT2D eigenvalue weighted by molar-refractivity contribution is 0.526. The third-order valence-corrected chi connectivity index (χ3v) is 2.79. The fourth-order valence-corrected chi connectivity index (χ4v) is 1.92. The van der Waals surface area contributed by atoms with Crippen molar-refractivity contribution < 1.29 is 0 Å². The van der Waals surface area contributed by atoms with Crippen LogP contribution in [0.1, 0.15) is 24.2 Å². The van der Waals surface area contributed by atoms with Gasteiger partial charge in [-0.1, -0.05) is 5.21 Å². The second-order valence-corrected chi connectivity index (χ2v) is 3.85. The van der Waals surface area contributed by atoms with Crippen molar-refractivity contribution in [2.75, 3.05) is 6.54 Å². The molecule has 2 aromatic rings. The van der Waals surface area contributed by atoms with Gasteiger partial charge in [-0.25, -0.2) is 9.97 Å². The van der Waals surface area contributed by atoms with Crippen LogP contribution in [0.4, 0.5) is 0 Å². The maximum absolute atomic E-state index is 4.52. The van der Waals surface area contributed by atoms with E-state index in [1.54, 1.807) is 17.1 Å². The number of nitrogens with zero attached hydrogens (tertiary/aromatic N) is 5. The Kier molecular flexibility index (Phi) is 2.14. The number of aromatic nitrogens is 5. The normalized spacial score (nSPS) is 19.4. The van der Waals surface area contributed by atoms with Gasteiger partial charge in [-0.15, -0.1) is 5.10 Å². The molecule has 1 atom stereocenters. The quantitative estimate of drug-likeness (QED) is 0.740. The predicted molar refractivity (Wildman–Crippen MR) is 57.1 cm³/mol. The summed E-state index contributed by atoms with van der Waals surface area (Å²) in [4.78, 5) is 8.81. The molecule has 0 saturated carbocycles. The third-order valence-electron chi connectivity index (χ3n) is 2.79. The van der Waals surface area contributed by atoms with Crippen LogP contribution in [0.3, 0.4) is 0 Å². The van der Waals surface area contributed by atoms with Gasteiger partial charge < -0.3 is 5.32 Å². The highest BCUT2D eigenvalue weighted by Gasteiger charge is 2.18. The zero-order valence-electron chi connectivity index (χ0n) is 8.96. The molecule has 0 bridgehead atoms. The molecule has 3 rings (SSSR count). The van der Waals surface area contributed by atoms with Gasteiger partial charge >= 0.3 is 0 Å². The second-order valence-electron chi connectivity index (χ2n) is 3.85. The molecule has 2 aromatic heterocycles. The van der Waals surface area contributed by atoms with E-state index in [9.17, 15) is 0 Å². The van der Waals surface area contributed by atoms with Crippen molar-refractivity contribution in [2.24, 2.45) is 0 Å². The van der Waals surface area contributed by atoms with Gasteiger partial charge in [-0.05, 0) is 6.92 Å². The lowest BCUT2D eigenvalue weighted by Gasteiger charge is -2.22. The lowest BCUT2D eigenvalue weighted by Crippen LogP contribution is -2.29. The van der Waals surface area contributed by atoms with Gasteiger partial charge in [0.15, 0.2) is 0 Å². The number of fused-ring (bicyclic) bond motifs is 1. The van der Waals surface area contributed by atoms with Gasteiger partial charge in [0.05, 0.1) is 18.1 Å². The highest BCUT2D eigenvalue weighted by molar-refractivity contribution is 5.27. The van der Waals surface area contributed by atoms with Crippen molar-refractivity contribution in [1.29, 1.82) is 0 Å². The van der Waals surface area contributed by atoms with Gasteiger partial charge in [-0.3, -0.25) is 0 Å². The van der Waals surface area contributed by atoms with Crippen molar-refractivity contribution in [3.63, 3.8) is 0 Å². The van der Waals surface area contributed by atoms with Crippen LogP contribution in [0.25, 0.3) is 5.95 Å². The molecule has 0 amide bonds. The van der Waals surface area contributed by atoms with Crippen molar-refractivity contribution >= 4 is 0 Å². The molecule has 0 aromatic carbocycles. The average Bonchev–Trinajstić information content (AvgIpc) is 2.82. The number of hydrogen-bond acceptors (Lipinski definition) is 5. The molecule has 1 aliphatic heterocycles.